The molecule has 2 aromatic rings. The van der Waals surface area contributed by atoms with Gasteiger partial charge in [-0.3, -0.25) is 19.3 Å². The SMILES string of the molecule is C[C@@]12CCC(=O)N1c1ccccc1C(=O)N2CCC(=O)Nc1ccc(OC(F)(F)F)cc1. The van der Waals surface area contributed by atoms with Crippen LogP contribution in [0.2, 0.25) is 0 Å². The quantitative estimate of drug-likeness (QED) is 0.754. The molecule has 7 nitrogen and oxygen atoms in total. The Balaban J connectivity index is 1.45. The average molecular weight is 447 g/mol. The summed E-state index contributed by atoms with van der Waals surface area (Å²) < 4.78 is 40.6. The van der Waals surface area contributed by atoms with Crippen LogP contribution in [0.15, 0.2) is 48.5 Å². The summed E-state index contributed by atoms with van der Waals surface area (Å²) in [5.74, 6) is -1.15. The van der Waals surface area contributed by atoms with Gasteiger partial charge in [0.15, 0.2) is 0 Å². The van der Waals surface area contributed by atoms with Gasteiger partial charge in [0, 0.05) is 25.1 Å². The number of anilines is 2. The fraction of sp³-hybridized carbons (Fsp3) is 0.318. The first kappa shape index (κ1) is 21.7. The standard InChI is InChI=1S/C22H20F3N3O4/c1-21-12-10-19(30)28(21)17-5-3-2-4-16(17)20(31)27(21)13-11-18(29)26-14-6-8-15(9-7-14)32-22(23,24)25/h2-9H,10-13H2,1H3,(H,26,29)/t21-/m0/s1. The number of amides is 3. The van der Waals surface area contributed by atoms with E-state index in [9.17, 15) is 27.6 Å². The van der Waals surface area contributed by atoms with Gasteiger partial charge in [-0.15, -0.1) is 13.2 Å². The number of hydrogen-bond donors (Lipinski definition) is 1. The summed E-state index contributed by atoms with van der Waals surface area (Å²) in [5.41, 5.74) is 0.410. The Bertz CT molecular complexity index is 1070. The number of carbonyl (C=O) groups is 3. The van der Waals surface area contributed by atoms with Crippen molar-refractivity contribution >= 4 is 29.1 Å². The second-order valence-electron chi connectivity index (χ2n) is 7.79. The van der Waals surface area contributed by atoms with Gasteiger partial charge in [0.1, 0.15) is 11.4 Å². The van der Waals surface area contributed by atoms with Crippen molar-refractivity contribution < 1.29 is 32.3 Å². The molecule has 2 aliphatic rings. The van der Waals surface area contributed by atoms with Crippen molar-refractivity contribution in [1.29, 1.82) is 0 Å². The summed E-state index contributed by atoms with van der Waals surface area (Å²) in [6, 6.07) is 11.7. The first-order chi connectivity index (χ1) is 15.1. The van der Waals surface area contributed by atoms with Crippen LogP contribution in [0.4, 0.5) is 24.5 Å². The minimum absolute atomic E-state index is 0.0493. The number of nitrogens with zero attached hydrogens (tertiary/aromatic N) is 2. The fourth-order valence-electron chi connectivity index (χ4n) is 4.22. The van der Waals surface area contributed by atoms with E-state index in [0.717, 1.165) is 12.1 Å². The van der Waals surface area contributed by atoms with Crippen LogP contribution in [-0.4, -0.2) is 41.2 Å². The van der Waals surface area contributed by atoms with Crippen LogP contribution in [0.25, 0.3) is 0 Å². The molecule has 2 heterocycles. The largest absolute Gasteiger partial charge is 0.573 e. The zero-order valence-corrected chi connectivity index (χ0v) is 17.1. The molecule has 0 aromatic heterocycles. The molecule has 1 N–H and O–H groups in total. The van der Waals surface area contributed by atoms with E-state index in [1.54, 1.807) is 34.1 Å². The van der Waals surface area contributed by atoms with Crippen LogP contribution in [0.3, 0.4) is 0 Å². The molecule has 0 spiro atoms. The molecule has 3 amide bonds. The number of benzene rings is 2. The number of alkyl halides is 3. The Labute approximate surface area is 181 Å². The fourth-order valence-corrected chi connectivity index (χ4v) is 4.22. The smallest absolute Gasteiger partial charge is 0.406 e. The molecule has 1 saturated heterocycles. The number of rotatable bonds is 5. The highest BCUT2D eigenvalue weighted by atomic mass is 19.4. The first-order valence-electron chi connectivity index (χ1n) is 9.98. The van der Waals surface area contributed by atoms with E-state index in [4.69, 9.17) is 0 Å². The normalized spacial score (nSPS) is 20.1. The van der Waals surface area contributed by atoms with Gasteiger partial charge in [-0.1, -0.05) is 12.1 Å². The van der Waals surface area contributed by atoms with Gasteiger partial charge in [-0.2, -0.15) is 0 Å². The maximum atomic E-state index is 13.1. The lowest BCUT2D eigenvalue weighted by atomic mass is 9.98. The van der Waals surface area contributed by atoms with Crippen molar-refractivity contribution in [2.75, 3.05) is 16.8 Å². The number of ether oxygens (including phenoxy) is 1. The maximum absolute atomic E-state index is 13.1. The van der Waals surface area contributed by atoms with E-state index in [2.05, 4.69) is 10.1 Å². The van der Waals surface area contributed by atoms with Crippen LogP contribution >= 0.6 is 0 Å². The molecule has 2 aliphatic heterocycles. The molecular weight excluding hydrogens is 427 g/mol. The third-order valence-corrected chi connectivity index (χ3v) is 5.68. The van der Waals surface area contributed by atoms with Gasteiger partial charge in [0.25, 0.3) is 5.91 Å². The summed E-state index contributed by atoms with van der Waals surface area (Å²) in [5, 5.41) is 2.59. The molecule has 1 atom stereocenters. The minimum Gasteiger partial charge on any atom is -0.406 e. The molecule has 10 heteroatoms. The van der Waals surface area contributed by atoms with Crippen LogP contribution in [0, 0.1) is 0 Å². The van der Waals surface area contributed by atoms with E-state index < -0.39 is 23.7 Å². The summed E-state index contributed by atoms with van der Waals surface area (Å²) in [6.07, 6.45) is -4.09. The minimum atomic E-state index is -4.80. The maximum Gasteiger partial charge on any atom is 0.573 e. The number of fused-ring (bicyclic) bond motifs is 3. The Morgan fingerprint density at radius 2 is 1.81 bits per heavy atom. The van der Waals surface area contributed by atoms with Gasteiger partial charge in [0.05, 0.1) is 11.3 Å². The van der Waals surface area contributed by atoms with Crippen molar-refractivity contribution in [2.45, 2.75) is 38.2 Å². The van der Waals surface area contributed by atoms with Gasteiger partial charge >= 0.3 is 6.36 Å². The van der Waals surface area contributed by atoms with Crippen molar-refractivity contribution in [2.24, 2.45) is 0 Å². The van der Waals surface area contributed by atoms with E-state index in [1.807, 2.05) is 6.92 Å². The lowest BCUT2D eigenvalue weighted by Gasteiger charge is -2.48. The van der Waals surface area contributed by atoms with E-state index in [0.29, 0.717) is 29.8 Å². The predicted molar refractivity (Wildman–Crippen MR) is 109 cm³/mol. The number of halogens is 3. The molecule has 0 aliphatic carbocycles. The average Bonchev–Trinajstić information content (AvgIpc) is 3.03. The molecular formula is C22H20F3N3O4. The lowest BCUT2D eigenvalue weighted by Crippen LogP contribution is -2.62. The first-order valence-corrected chi connectivity index (χ1v) is 9.98. The molecule has 168 valence electrons. The molecule has 0 bridgehead atoms. The Morgan fingerprint density at radius 1 is 1.12 bits per heavy atom. The molecule has 2 aromatic carbocycles. The van der Waals surface area contributed by atoms with E-state index >= 15 is 0 Å². The van der Waals surface area contributed by atoms with Crippen molar-refractivity contribution in [3.63, 3.8) is 0 Å². The third-order valence-electron chi connectivity index (χ3n) is 5.68. The highest BCUT2D eigenvalue weighted by Crippen LogP contribution is 2.44. The van der Waals surface area contributed by atoms with E-state index in [1.165, 1.54) is 12.1 Å². The molecule has 0 unspecified atom stereocenters. The summed E-state index contributed by atoms with van der Waals surface area (Å²) in [6.45, 7) is 1.89. The monoisotopic (exact) mass is 447 g/mol. The zero-order valence-electron chi connectivity index (χ0n) is 17.1. The summed E-state index contributed by atoms with van der Waals surface area (Å²) in [7, 11) is 0. The van der Waals surface area contributed by atoms with Crippen LogP contribution < -0.4 is 15.0 Å². The van der Waals surface area contributed by atoms with Crippen LogP contribution in [0.1, 0.15) is 36.5 Å². The number of para-hydroxylation sites is 1. The van der Waals surface area contributed by atoms with Crippen LogP contribution in [0.5, 0.6) is 5.75 Å². The molecule has 32 heavy (non-hydrogen) atoms. The predicted octanol–water partition coefficient (Wildman–Crippen LogP) is 3.91. The molecule has 1 fully saturated rings. The third kappa shape index (κ3) is 4.00. The van der Waals surface area contributed by atoms with Crippen molar-refractivity contribution in [1.82, 2.24) is 4.90 Å². The second kappa shape index (κ2) is 7.85. The van der Waals surface area contributed by atoms with Gasteiger partial charge in [-0.05, 0) is 49.7 Å². The molecule has 0 saturated carbocycles. The summed E-state index contributed by atoms with van der Waals surface area (Å²) in [4.78, 5) is 41.3. The van der Waals surface area contributed by atoms with Crippen molar-refractivity contribution in [3.05, 3.63) is 54.1 Å². The Morgan fingerprint density at radius 3 is 2.50 bits per heavy atom. The molecule has 4 rings (SSSR count). The second-order valence-corrected chi connectivity index (χ2v) is 7.79. The van der Waals surface area contributed by atoms with Gasteiger partial charge in [-0.25, -0.2) is 0 Å². The van der Waals surface area contributed by atoms with Crippen LogP contribution in [-0.2, 0) is 9.59 Å². The van der Waals surface area contributed by atoms with E-state index in [-0.39, 0.29) is 24.8 Å². The van der Waals surface area contributed by atoms with Crippen molar-refractivity contribution in [3.8, 4) is 5.75 Å². The highest BCUT2D eigenvalue weighted by molar-refractivity contribution is 6.10. The Kier molecular flexibility index (Phi) is 5.31. The molecule has 0 radical (unpaired) electrons. The highest BCUT2D eigenvalue weighted by Gasteiger charge is 2.52. The van der Waals surface area contributed by atoms with Gasteiger partial charge in [0.2, 0.25) is 11.8 Å². The Hall–Kier alpha value is -3.56. The number of carbonyl (C=O) groups excluding carboxylic acids is 3. The topological polar surface area (TPSA) is 79.0 Å². The summed E-state index contributed by atoms with van der Waals surface area (Å²) >= 11 is 0. The number of nitrogens with one attached hydrogen (secondary N) is 1. The van der Waals surface area contributed by atoms with Gasteiger partial charge < -0.3 is 15.0 Å². The zero-order chi connectivity index (χ0) is 23.1. The lowest BCUT2D eigenvalue weighted by molar-refractivity contribution is -0.274. The number of hydrogen-bond acceptors (Lipinski definition) is 4.